The average molecular weight is 370 g/mol. The highest BCUT2D eigenvalue weighted by Gasteiger charge is 2.14. The minimum atomic E-state index is -0.819. The fourth-order valence-corrected chi connectivity index (χ4v) is 2.42. The van der Waals surface area contributed by atoms with Gasteiger partial charge in [-0.05, 0) is 54.1 Å². The van der Waals surface area contributed by atoms with Crippen LogP contribution < -0.4 is 0 Å². The van der Waals surface area contributed by atoms with Gasteiger partial charge in [-0.25, -0.2) is 0 Å². The standard InChI is InChI=1S/C14H15IN2O2/c1-9-13(7-14(18)19)10(2)17(16-9)8-11-3-5-12(15)6-4-11/h3-6H,7-8H2,1-2H3,(H,18,19). The molecule has 0 saturated heterocycles. The van der Waals surface area contributed by atoms with E-state index in [1.165, 1.54) is 3.57 Å². The predicted molar refractivity (Wildman–Crippen MR) is 81.3 cm³/mol. The molecule has 19 heavy (non-hydrogen) atoms. The number of aliphatic carboxylic acids is 1. The second-order valence-electron chi connectivity index (χ2n) is 4.50. The Morgan fingerprint density at radius 2 is 1.95 bits per heavy atom. The van der Waals surface area contributed by atoms with Gasteiger partial charge in [-0.1, -0.05) is 12.1 Å². The van der Waals surface area contributed by atoms with E-state index in [1.807, 2.05) is 18.5 Å². The van der Waals surface area contributed by atoms with E-state index in [9.17, 15) is 4.79 Å². The smallest absolute Gasteiger partial charge is 0.307 e. The number of benzene rings is 1. The lowest BCUT2D eigenvalue weighted by Crippen LogP contribution is -2.06. The zero-order valence-corrected chi connectivity index (χ0v) is 13.0. The van der Waals surface area contributed by atoms with E-state index in [0.717, 1.165) is 22.5 Å². The summed E-state index contributed by atoms with van der Waals surface area (Å²) in [5, 5.41) is 13.3. The molecular weight excluding hydrogens is 355 g/mol. The van der Waals surface area contributed by atoms with Gasteiger partial charge in [-0.15, -0.1) is 0 Å². The molecule has 1 heterocycles. The number of hydrogen-bond donors (Lipinski definition) is 1. The monoisotopic (exact) mass is 370 g/mol. The summed E-state index contributed by atoms with van der Waals surface area (Å²) in [5.74, 6) is -0.819. The molecule has 1 N–H and O–H groups in total. The summed E-state index contributed by atoms with van der Waals surface area (Å²) < 4.78 is 3.07. The van der Waals surface area contributed by atoms with E-state index < -0.39 is 5.97 Å². The maximum atomic E-state index is 10.8. The number of nitrogens with zero attached hydrogens (tertiary/aromatic N) is 2. The molecule has 4 nitrogen and oxygen atoms in total. The first-order valence-electron chi connectivity index (χ1n) is 5.96. The van der Waals surface area contributed by atoms with Crippen LogP contribution in [0, 0.1) is 17.4 Å². The molecule has 0 spiro atoms. The van der Waals surface area contributed by atoms with Gasteiger partial charge in [0.25, 0.3) is 0 Å². The molecule has 0 aliphatic carbocycles. The van der Waals surface area contributed by atoms with Crippen molar-refractivity contribution in [3.8, 4) is 0 Å². The molecule has 1 aromatic heterocycles. The van der Waals surface area contributed by atoms with Gasteiger partial charge in [0.15, 0.2) is 0 Å². The number of hydrogen-bond acceptors (Lipinski definition) is 2. The minimum absolute atomic E-state index is 0.0321. The van der Waals surface area contributed by atoms with Gasteiger partial charge in [0.2, 0.25) is 0 Å². The molecule has 0 unspecified atom stereocenters. The zero-order valence-electron chi connectivity index (χ0n) is 10.9. The van der Waals surface area contributed by atoms with Crippen molar-refractivity contribution in [2.75, 3.05) is 0 Å². The maximum Gasteiger partial charge on any atom is 0.307 e. The second kappa shape index (κ2) is 5.73. The summed E-state index contributed by atoms with van der Waals surface area (Å²) in [6.45, 7) is 4.45. The highest BCUT2D eigenvalue weighted by Crippen LogP contribution is 2.16. The van der Waals surface area contributed by atoms with Gasteiger partial charge in [0.05, 0.1) is 18.7 Å². The van der Waals surface area contributed by atoms with Gasteiger partial charge in [-0.2, -0.15) is 5.10 Å². The van der Waals surface area contributed by atoms with E-state index >= 15 is 0 Å². The molecule has 5 heteroatoms. The normalized spacial score (nSPS) is 10.7. The lowest BCUT2D eigenvalue weighted by molar-refractivity contribution is -0.136. The topological polar surface area (TPSA) is 55.1 Å². The third-order valence-electron chi connectivity index (χ3n) is 3.10. The summed E-state index contributed by atoms with van der Waals surface area (Å²) in [4.78, 5) is 10.8. The summed E-state index contributed by atoms with van der Waals surface area (Å²) in [6.07, 6.45) is 0.0321. The molecule has 0 atom stereocenters. The molecule has 0 fully saturated rings. The molecule has 2 rings (SSSR count). The second-order valence-corrected chi connectivity index (χ2v) is 5.75. The van der Waals surface area contributed by atoms with E-state index in [2.05, 4.69) is 52.0 Å². The molecule has 0 saturated carbocycles. The van der Waals surface area contributed by atoms with Crippen LogP contribution in [0.1, 0.15) is 22.5 Å². The molecule has 1 aromatic carbocycles. The SMILES string of the molecule is Cc1nn(Cc2ccc(I)cc2)c(C)c1CC(=O)O. The summed E-state index contributed by atoms with van der Waals surface area (Å²) in [7, 11) is 0. The van der Waals surface area contributed by atoms with Crippen molar-refractivity contribution >= 4 is 28.6 Å². The molecular formula is C14H15IN2O2. The van der Waals surface area contributed by atoms with Crippen molar-refractivity contribution in [1.29, 1.82) is 0 Å². The Hall–Kier alpha value is -1.37. The number of halogens is 1. The zero-order chi connectivity index (χ0) is 14.0. The Kier molecular flexibility index (Phi) is 4.24. The molecule has 0 radical (unpaired) electrons. The summed E-state index contributed by atoms with van der Waals surface area (Å²) in [5.41, 5.74) is 3.70. The maximum absolute atomic E-state index is 10.8. The number of rotatable bonds is 4. The largest absolute Gasteiger partial charge is 0.481 e. The van der Waals surface area contributed by atoms with Gasteiger partial charge >= 0.3 is 5.97 Å². The van der Waals surface area contributed by atoms with E-state index in [1.54, 1.807) is 0 Å². The van der Waals surface area contributed by atoms with Gasteiger partial charge in [0, 0.05) is 14.8 Å². The highest BCUT2D eigenvalue weighted by molar-refractivity contribution is 14.1. The lowest BCUT2D eigenvalue weighted by atomic mass is 10.1. The van der Waals surface area contributed by atoms with Gasteiger partial charge < -0.3 is 5.11 Å². The Morgan fingerprint density at radius 1 is 1.32 bits per heavy atom. The first-order valence-corrected chi connectivity index (χ1v) is 7.04. The van der Waals surface area contributed by atoms with Gasteiger partial charge in [0.1, 0.15) is 0 Å². The quantitative estimate of drug-likeness (QED) is 0.843. The fourth-order valence-electron chi connectivity index (χ4n) is 2.06. The molecule has 0 aliphatic heterocycles. The first-order chi connectivity index (χ1) is 8.97. The van der Waals surface area contributed by atoms with Crippen molar-refractivity contribution in [2.24, 2.45) is 0 Å². The van der Waals surface area contributed by atoms with Crippen molar-refractivity contribution in [1.82, 2.24) is 9.78 Å². The Balaban J connectivity index is 2.26. The van der Waals surface area contributed by atoms with E-state index in [0.29, 0.717) is 6.54 Å². The average Bonchev–Trinajstić information content (AvgIpc) is 2.60. The number of aromatic nitrogens is 2. The number of carbonyl (C=O) groups is 1. The van der Waals surface area contributed by atoms with Crippen molar-refractivity contribution in [2.45, 2.75) is 26.8 Å². The molecule has 2 aromatic rings. The summed E-state index contributed by atoms with van der Waals surface area (Å²) in [6, 6.07) is 8.24. The van der Waals surface area contributed by atoms with Crippen LogP contribution in [0.4, 0.5) is 0 Å². The van der Waals surface area contributed by atoms with E-state index in [-0.39, 0.29) is 6.42 Å². The van der Waals surface area contributed by atoms with Crippen LogP contribution in [-0.2, 0) is 17.8 Å². The molecule has 0 bridgehead atoms. The predicted octanol–water partition coefficient (Wildman–Crippen LogP) is 2.78. The van der Waals surface area contributed by atoms with E-state index in [4.69, 9.17) is 5.11 Å². The van der Waals surface area contributed by atoms with Crippen LogP contribution in [0.3, 0.4) is 0 Å². The third kappa shape index (κ3) is 3.34. The fraction of sp³-hybridized carbons (Fsp3) is 0.286. The summed E-state index contributed by atoms with van der Waals surface area (Å²) >= 11 is 2.27. The minimum Gasteiger partial charge on any atom is -0.481 e. The van der Waals surface area contributed by atoms with Crippen LogP contribution in [-0.4, -0.2) is 20.9 Å². The third-order valence-corrected chi connectivity index (χ3v) is 3.82. The Morgan fingerprint density at radius 3 is 2.53 bits per heavy atom. The lowest BCUT2D eigenvalue weighted by Gasteiger charge is -2.05. The number of aryl methyl sites for hydroxylation is 1. The van der Waals surface area contributed by atoms with Crippen LogP contribution in [0.5, 0.6) is 0 Å². The van der Waals surface area contributed by atoms with Crippen molar-refractivity contribution in [3.05, 3.63) is 50.4 Å². The van der Waals surface area contributed by atoms with Crippen LogP contribution in [0.2, 0.25) is 0 Å². The first kappa shape index (κ1) is 14.0. The highest BCUT2D eigenvalue weighted by atomic mass is 127. The van der Waals surface area contributed by atoms with Gasteiger partial charge in [-0.3, -0.25) is 9.48 Å². The molecule has 0 aliphatic rings. The van der Waals surface area contributed by atoms with Crippen molar-refractivity contribution < 1.29 is 9.90 Å². The Bertz CT molecular complexity index is 603. The molecule has 100 valence electrons. The van der Waals surface area contributed by atoms with Crippen LogP contribution >= 0.6 is 22.6 Å². The van der Waals surface area contributed by atoms with Crippen LogP contribution in [0.15, 0.2) is 24.3 Å². The molecule has 0 amide bonds. The number of carboxylic acid groups (broad SMARTS) is 1. The number of carboxylic acids is 1. The van der Waals surface area contributed by atoms with Crippen LogP contribution in [0.25, 0.3) is 0 Å². The Labute approximate surface area is 125 Å². The van der Waals surface area contributed by atoms with Crippen molar-refractivity contribution in [3.63, 3.8) is 0 Å².